The van der Waals surface area contributed by atoms with Gasteiger partial charge in [0.25, 0.3) is 0 Å². The quantitative estimate of drug-likeness (QED) is 0.761. The summed E-state index contributed by atoms with van der Waals surface area (Å²) in [6.45, 7) is 6.55. The molecule has 1 N–H and O–H groups in total. The van der Waals surface area contributed by atoms with Crippen LogP contribution in [0.15, 0.2) is 34.9 Å². The predicted octanol–water partition coefficient (Wildman–Crippen LogP) is 2.54. The third-order valence-corrected chi connectivity index (χ3v) is 4.42. The number of rotatable bonds is 5. The van der Waals surface area contributed by atoms with E-state index in [1.807, 2.05) is 25.1 Å². The number of methoxy groups -OCH3 is 1. The van der Waals surface area contributed by atoms with Crippen molar-refractivity contribution in [3.05, 3.63) is 40.5 Å². The molecular weight excluding hydrogens is 390 g/mol. The first-order chi connectivity index (χ1) is 12.1. The number of halogens is 1. The van der Waals surface area contributed by atoms with Crippen molar-refractivity contribution in [3.8, 4) is 5.75 Å². The van der Waals surface area contributed by atoms with E-state index in [9.17, 15) is 4.79 Å². The number of anilines is 1. The summed E-state index contributed by atoms with van der Waals surface area (Å²) in [6, 6.07) is 5.11. The molecule has 25 heavy (non-hydrogen) atoms. The van der Waals surface area contributed by atoms with Crippen LogP contribution >= 0.6 is 15.9 Å². The number of hydrogen-bond acceptors (Lipinski definition) is 7. The summed E-state index contributed by atoms with van der Waals surface area (Å²) in [5.74, 6) is -0.0407. The minimum Gasteiger partial charge on any atom is -0.493 e. The van der Waals surface area contributed by atoms with Crippen LogP contribution < -0.4 is 10.1 Å². The fraction of sp³-hybridized carbons (Fsp3) is 0.375. The molecule has 1 aromatic heterocycles. The highest BCUT2D eigenvalue weighted by Gasteiger charge is 2.42. The Morgan fingerprint density at radius 3 is 3.00 bits per heavy atom. The van der Waals surface area contributed by atoms with Crippen LogP contribution in [0.5, 0.6) is 5.75 Å². The average molecular weight is 408 g/mol. The zero-order valence-electron chi connectivity index (χ0n) is 13.9. The Balaban J connectivity index is 2.16. The summed E-state index contributed by atoms with van der Waals surface area (Å²) in [5, 5.41) is 14.6. The zero-order chi connectivity index (χ0) is 18.0. The molecule has 132 valence electrons. The molecule has 0 spiro atoms. The maximum absolute atomic E-state index is 12.4. The molecule has 1 aliphatic heterocycles. The Labute approximate surface area is 153 Å². The predicted molar refractivity (Wildman–Crippen MR) is 94.2 cm³/mol. The molecule has 2 aromatic rings. The molecule has 0 aliphatic carbocycles. The van der Waals surface area contributed by atoms with E-state index in [-0.39, 0.29) is 0 Å². The summed E-state index contributed by atoms with van der Waals surface area (Å²) < 4.78 is 13.3. The first-order valence-electron chi connectivity index (χ1n) is 7.80. The molecule has 3 rings (SSSR count). The van der Waals surface area contributed by atoms with E-state index in [1.165, 1.54) is 7.11 Å². The van der Waals surface area contributed by atoms with Gasteiger partial charge in [0.05, 0.1) is 13.7 Å². The summed E-state index contributed by atoms with van der Waals surface area (Å²) in [4.78, 5) is 12.4. The number of esters is 1. The molecule has 2 atom stereocenters. The van der Waals surface area contributed by atoms with Crippen molar-refractivity contribution in [1.82, 2.24) is 20.2 Å². The standard InChI is InChI=1S/C16H18BrN5O3/c1-4-7-25-12-6-5-10(17)8-11(12)14-13(15(23)24-3)9(2)18-16-19-20-21-22(14)16/h5-6,8,13-14H,2,4,7H2,1,3H3,(H,18,19,21)/t13-,14+/m0/s1. The highest BCUT2D eigenvalue weighted by molar-refractivity contribution is 9.10. The number of carbonyl (C=O) groups excluding carboxylic acids is 1. The lowest BCUT2D eigenvalue weighted by Gasteiger charge is -2.33. The van der Waals surface area contributed by atoms with Crippen molar-refractivity contribution in [2.45, 2.75) is 19.4 Å². The Kier molecular flexibility index (Phi) is 5.03. The summed E-state index contributed by atoms with van der Waals surface area (Å²) >= 11 is 3.48. The molecule has 0 amide bonds. The fourth-order valence-corrected chi connectivity index (χ4v) is 3.20. The minimum atomic E-state index is -0.695. The maximum atomic E-state index is 12.4. The van der Waals surface area contributed by atoms with E-state index in [0.29, 0.717) is 24.0 Å². The Morgan fingerprint density at radius 1 is 1.48 bits per heavy atom. The van der Waals surface area contributed by atoms with E-state index in [4.69, 9.17) is 9.47 Å². The number of tetrazole rings is 1. The molecule has 8 nitrogen and oxygen atoms in total. The minimum absolute atomic E-state index is 0.413. The van der Waals surface area contributed by atoms with Gasteiger partial charge in [0.2, 0.25) is 5.95 Å². The zero-order valence-corrected chi connectivity index (χ0v) is 15.5. The molecular formula is C16H18BrN5O3. The Morgan fingerprint density at radius 2 is 2.28 bits per heavy atom. The molecule has 0 bridgehead atoms. The van der Waals surface area contributed by atoms with Gasteiger partial charge >= 0.3 is 5.97 Å². The SMILES string of the molecule is C=C1Nc2nnnn2[C@H](c2cc(Br)ccc2OCCC)[C@H]1C(=O)OC. The van der Waals surface area contributed by atoms with Gasteiger partial charge in [-0.15, -0.1) is 0 Å². The van der Waals surface area contributed by atoms with Gasteiger partial charge in [-0.05, 0) is 35.0 Å². The second-order valence-corrected chi connectivity index (χ2v) is 6.49. The molecule has 0 fully saturated rings. The smallest absolute Gasteiger partial charge is 0.317 e. The van der Waals surface area contributed by atoms with Gasteiger partial charge in [-0.25, -0.2) is 4.68 Å². The van der Waals surface area contributed by atoms with Crippen LogP contribution in [0.25, 0.3) is 0 Å². The molecule has 0 saturated carbocycles. The van der Waals surface area contributed by atoms with E-state index in [0.717, 1.165) is 16.5 Å². The lowest BCUT2D eigenvalue weighted by Crippen LogP contribution is -2.37. The molecule has 0 radical (unpaired) electrons. The number of nitrogens with zero attached hydrogens (tertiary/aromatic N) is 4. The number of hydrogen-bond donors (Lipinski definition) is 1. The Bertz CT molecular complexity index is 807. The molecule has 0 unspecified atom stereocenters. The van der Waals surface area contributed by atoms with E-state index >= 15 is 0 Å². The van der Waals surface area contributed by atoms with Gasteiger partial charge in [-0.3, -0.25) is 4.79 Å². The molecule has 0 saturated heterocycles. The van der Waals surface area contributed by atoms with Crippen LogP contribution in [0, 0.1) is 5.92 Å². The monoisotopic (exact) mass is 407 g/mol. The van der Waals surface area contributed by atoms with Gasteiger partial charge in [0.1, 0.15) is 17.7 Å². The van der Waals surface area contributed by atoms with Crippen molar-refractivity contribution >= 4 is 27.8 Å². The van der Waals surface area contributed by atoms with Crippen LogP contribution in [0.3, 0.4) is 0 Å². The third-order valence-electron chi connectivity index (χ3n) is 3.93. The second kappa shape index (κ2) is 7.22. The van der Waals surface area contributed by atoms with Crippen molar-refractivity contribution in [2.75, 3.05) is 19.0 Å². The molecule has 9 heteroatoms. The number of carbonyl (C=O) groups is 1. The Hall–Kier alpha value is -2.42. The number of fused-ring (bicyclic) bond motifs is 1. The second-order valence-electron chi connectivity index (χ2n) is 5.57. The first kappa shape index (κ1) is 17.4. The molecule has 1 aliphatic rings. The van der Waals surface area contributed by atoms with Gasteiger partial charge in [0.15, 0.2) is 0 Å². The van der Waals surface area contributed by atoms with Gasteiger partial charge in [0, 0.05) is 15.7 Å². The number of nitrogens with one attached hydrogen (secondary N) is 1. The van der Waals surface area contributed by atoms with Crippen molar-refractivity contribution in [3.63, 3.8) is 0 Å². The van der Waals surface area contributed by atoms with Crippen LogP contribution in [0.1, 0.15) is 24.9 Å². The van der Waals surface area contributed by atoms with Crippen LogP contribution in [-0.2, 0) is 9.53 Å². The average Bonchev–Trinajstić information content (AvgIpc) is 3.06. The van der Waals surface area contributed by atoms with Crippen LogP contribution in [0.2, 0.25) is 0 Å². The van der Waals surface area contributed by atoms with E-state index in [1.54, 1.807) is 4.68 Å². The normalized spacial score (nSPS) is 19.1. The number of ether oxygens (including phenoxy) is 2. The summed E-state index contributed by atoms with van der Waals surface area (Å²) in [6.07, 6.45) is 0.866. The van der Waals surface area contributed by atoms with Crippen molar-refractivity contribution < 1.29 is 14.3 Å². The lowest BCUT2D eigenvalue weighted by molar-refractivity contribution is -0.145. The summed E-state index contributed by atoms with van der Waals surface area (Å²) in [7, 11) is 1.34. The first-order valence-corrected chi connectivity index (χ1v) is 8.59. The van der Waals surface area contributed by atoms with Gasteiger partial charge in [-0.2, -0.15) is 0 Å². The number of benzene rings is 1. The molecule has 1 aromatic carbocycles. The third kappa shape index (κ3) is 3.23. The highest BCUT2D eigenvalue weighted by Crippen LogP contribution is 2.41. The van der Waals surface area contributed by atoms with Crippen molar-refractivity contribution in [2.24, 2.45) is 5.92 Å². The lowest BCUT2D eigenvalue weighted by atomic mass is 9.88. The summed E-state index contributed by atoms with van der Waals surface area (Å²) in [5.41, 5.74) is 1.25. The van der Waals surface area contributed by atoms with E-state index in [2.05, 4.69) is 43.4 Å². The fourth-order valence-electron chi connectivity index (χ4n) is 2.82. The van der Waals surface area contributed by atoms with Gasteiger partial charge < -0.3 is 14.8 Å². The number of aromatic nitrogens is 4. The van der Waals surface area contributed by atoms with Gasteiger partial charge in [-0.1, -0.05) is 34.5 Å². The van der Waals surface area contributed by atoms with Crippen molar-refractivity contribution in [1.29, 1.82) is 0 Å². The van der Waals surface area contributed by atoms with Crippen LogP contribution in [-0.4, -0.2) is 39.9 Å². The van der Waals surface area contributed by atoms with Crippen LogP contribution in [0.4, 0.5) is 5.95 Å². The topological polar surface area (TPSA) is 91.2 Å². The van der Waals surface area contributed by atoms with E-state index < -0.39 is 17.9 Å². The molecule has 2 heterocycles. The largest absolute Gasteiger partial charge is 0.493 e. The maximum Gasteiger partial charge on any atom is 0.317 e. The highest BCUT2D eigenvalue weighted by atomic mass is 79.9.